The number of benzene rings is 4. The third kappa shape index (κ3) is 12.8. The van der Waals surface area contributed by atoms with Gasteiger partial charge >= 0.3 is 42.7 Å². The Hall–Kier alpha value is -6.57. The average Bonchev–Trinajstić information content (AvgIpc) is 3.38. The summed E-state index contributed by atoms with van der Waals surface area (Å²) in [5.74, 6) is -8.37. The number of fused-ring (bicyclic) bond motifs is 1. The first-order valence-electron chi connectivity index (χ1n) is 26.8. The number of halogens is 12. The number of ether oxygens (including phenoxy) is 7. The highest BCUT2D eigenvalue weighted by Crippen LogP contribution is 2.50. The van der Waals surface area contributed by atoms with Crippen molar-refractivity contribution >= 4 is 29.6 Å². The molecular formula is C59H63F12NO12. The van der Waals surface area contributed by atoms with Gasteiger partial charge in [0.1, 0.15) is 12.6 Å². The van der Waals surface area contributed by atoms with Crippen molar-refractivity contribution in [2.75, 3.05) is 35.0 Å². The number of alkyl halides is 12. The first kappa shape index (κ1) is 66.6. The van der Waals surface area contributed by atoms with Crippen LogP contribution < -0.4 is 0 Å². The van der Waals surface area contributed by atoms with Crippen LogP contribution in [0, 0.1) is 5.92 Å². The van der Waals surface area contributed by atoms with Crippen LogP contribution in [0.15, 0.2) is 121 Å². The molecule has 9 atom stereocenters. The summed E-state index contributed by atoms with van der Waals surface area (Å²) < 4.78 is 217. The van der Waals surface area contributed by atoms with Crippen molar-refractivity contribution in [3.05, 3.63) is 144 Å². The van der Waals surface area contributed by atoms with E-state index in [9.17, 15) is 37.1 Å². The van der Waals surface area contributed by atoms with E-state index in [0.29, 0.717) is 27.1 Å². The predicted octanol–water partition coefficient (Wildman–Crippen LogP) is 12.9. The van der Waals surface area contributed by atoms with Crippen molar-refractivity contribution in [3.8, 4) is 0 Å². The predicted molar refractivity (Wildman–Crippen MR) is 274 cm³/mol. The van der Waals surface area contributed by atoms with E-state index in [2.05, 4.69) is 0 Å². The fourth-order valence-corrected chi connectivity index (χ4v) is 11.4. The van der Waals surface area contributed by atoms with Crippen LogP contribution in [0.5, 0.6) is 0 Å². The van der Waals surface area contributed by atoms with Crippen LogP contribution in [0.25, 0.3) is 0 Å². The number of hydrogen-bond acceptors (Lipinski definition) is 12. The molecule has 1 amide bonds. The number of esters is 2. The Labute approximate surface area is 476 Å². The van der Waals surface area contributed by atoms with Crippen LogP contribution >= 0.6 is 0 Å². The molecule has 2 aliphatic rings. The largest absolute Gasteiger partial charge is 0.453 e. The van der Waals surface area contributed by atoms with Gasteiger partial charge in [-0.15, -0.1) is 0 Å². The van der Waals surface area contributed by atoms with E-state index < -0.39 is 142 Å². The van der Waals surface area contributed by atoms with E-state index in [-0.39, 0.29) is 57.8 Å². The fraction of sp³-hybridized carbons (Fsp3) is 0.508. The van der Waals surface area contributed by atoms with Crippen molar-refractivity contribution in [1.82, 2.24) is 4.90 Å². The van der Waals surface area contributed by atoms with Crippen LogP contribution in [0.3, 0.4) is 0 Å². The van der Waals surface area contributed by atoms with Gasteiger partial charge in [0, 0.05) is 63.0 Å². The molecule has 2 fully saturated rings. The summed E-state index contributed by atoms with van der Waals surface area (Å²) in [5, 5.41) is 0. The molecule has 0 spiro atoms. The minimum absolute atomic E-state index is 0.0691. The Kier molecular flexibility index (Phi) is 21.6. The number of rotatable bonds is 29. The molecule has 2 heterocycles. The summed E-state index contributed by atoms with van der Waals surface area (Å²) in [5.41, 5.74) is -17.0. The molecule has 0 radical (unpaired) electrons. The van der Waals surface area contributed by atoms with Gasteiger partial charge < -0.3 is 33.2 Å². The zero-order valence-corrected chi connectivity index (χ0v) is 46.0. The van der Waals surface area contributed by atoms with Crippen LogP contribution in [0.2, 0.25) is 0 Å². The smallest absolute Gasteiger partial charge is 0.432 e. The van der Waals surface area contributed by atoms with Gasteiger partial charge in [-0.2, -0.15) is 52.7 Å². The van der Waals surface area contributed by atoms with Gasteiger partial charge in [0.05, 0.1) is 6.04 Å². The van der Waals surface area contributed by atoms with E-state index in [1.54, 1.807) is 0 Å². The average molecular weight is 1210 g/mol. The van der Waals surface area contributed by atoms with Crippen LogP contribution in [0.4, 0.5) is 57.5 Å². The number of carbonyl (C=O) groups excluding carboxylic acids is 5. The lowest BCUT2D eigenvalue weighted by Crippen LogP contribution is -2.56. The zero-order chi connectivity index (χ0) is 61.9. The van der Waals surface area contributed by atoms with Crippen LogP contribution in [0.1, 0.15) is 99.3 Å². The number of unbranched alkanes of at least 4 members (excludes halogenated alkanes) is 6. The summed E-state index contributed by atoms with van der Waals surface area (Å²) in [7, 11) is 2.60. The molecular weight excluding hydrogens is 1140 g/mol. The second-order valence-electron chi connectivity index (χ2n) is 20.3. The minimum Gasteiger partial charge on any atom is -0.453 e. The summed E-state index contributed by atoms with van der Waals surface area (Å²) in [6.45, 7) is -0.672. The molecule has 0 N–H and O–H groups in total. The van der Waals surface area contributed by atoms with Gasteiger partial charge in [-0.3, -0.25) is 14.5 Å². The first-order valence-corrected chi connectivity index (χ1v) is 26.8. The Morgan fingerprint density at radius 1 is 0.476 bits per heavy atom. The molecule has 460 valence electrons. The number of ketones is 2. The van der Waals surface area contributed by atoms with Gasteiger partial charge in [-0.05, 0) is 25.7 Å². The van der Waals surface area contributed by atoms with Gasteiger partial charge in [0.15, 0.2) is 23.8 Å². The molecule has 0 aromatic heterocycles. The number of cyclic esters (lactones) is 1. The number of carbonyl (C=O) groups is 5. The Bertz CT molecular complexity index is 2830. The molecule has 0 unspecified atom stereocenters. The lowest BCUT2D eigenvalue weighted by Gasteiger charge is -2.36. The van der Waals surface area contributed by atoms with E-state index in [1.807, 2.05) is 0 Å². The second-order valence-corrected chi connectivity index (χ2v) is 20.3. The van der Waals surface area contributed by atoms with Gasteiger partial charge in [0.2, 0.25) is 11.2 Å². The molecule has 25 heteroatoms. The SMILES string of the molecule is CO[C@@](C(=O)CCCC[C@@H](CCCCCCCC[C@@H]1[C@@H](OC(=O)[C@](OC)(c2ccccc2)C(F)(F)F)[C@H](OC(=O)[C@](OC)(c2ccccc2)C(F)(F)F)[C@H]2COC(=O)N12)C(=O)[C@](OC)(c1ccccc1)C(F)(F)F)(c1ccccc1)C(F)(F)F. The highest BCUT2D eigenvalue weighted by molar-refractivity contribution is 5.92. The lowest BCUT2D eigenvalue weighted by atomic mass is 9.78. The van der Waals surface area contributed by atoms with Crippen LogP contribution in [-0.2, 0) is 74.7 Å². The monoisotopic (exact) mass is 1210 g/mol. The van der Waals surface area contributed by atoms with Gasteiger partial charge in [-0.1, -0.05) is 166 Å². The third-order valence-corrected chi connectivity index (χ3v) is 15.6. The Balaban J connectivity index is 1.20. The normalized spacial score (nSPS) is 20.8. The molecule has 6 rings (SSSR count). The number of hydrogen-bond donors (Lipinski definition) is 0. The molecule has 13 nitrogen and oxygen atoms in total. The maximum Gasteiger partial charge on any atom is 0.432 e. The quantitative estimate of drug-likeness (QED) is 0.0220. The molecule has 4 aromatic rings. The summed E-state index contributed by atoms with van der Waals surface area (Å²) in [6, 6.07) is 20.3. The van der Waals surface area contributed by atoms with Crippen LogP contribution in [-0.4, -0.2) is 119 Å². The molecule has 2 saturated heterocycles. The van der Waals surface area contributed by atoms with Gasteiger partial charge in [0.25, 0.3) is 11.2 Å². The zero-order valence-electron chi connectivity index (χ0n) is 46.0. The number of Topliss-reactive ketones (excluding diaryl/α,β-unsaturated/α-hetero) is 2. The van der Waals surface area contributed by atoms with E-state index in [0.717, 1.165) is 67.7 Å². The minimum atomic E-state index is -5.55. The second kappa shape index (κ2) is 27.2. The fourth-order valence-electron chi connectivity index (χ4n) is 11.4. The molecule has 0 aliphatic carbocycles. The highest BCUT2D eigenvalue weighted by atomic mass is 19.4. The van der Waals surface area contributed by atoms with E-state index >= 15 is 39.5 Å². The molecule has 84 heavy (non-hydrogen) atoms. The first-order chi connectivity index (χ1) is 39.6. The maximum atomic E-state index is 15.2. The molecule has 0 saturated carbocycles. The third-order valence-electron chi connectivity index (χ3n) is 15.6. The molecule has 4 aromatic carbocycles. The summed E-state index contributed by atoms with van der Waals surface area (Å²) in [6.07, 6.45) is -27.4. The van der Waals surface area contributed by atoms with Crippen molar-refractivity contribution in [1.29, 1.82) is 0 Å². The van der Waals surface area contributed by atoms with Crippen molar-refractivity contribution < 1.29 is 110 Å². The highest BCUT2D eigenvalue weighted by Gasteiger charge is 2.70. The molecule has 2 aliphatic heterocycles. The van der Waals surface area contributed by atoms with Crippen molar-refractivity contribution in [2.45, 2.75) is 148 Å². The van der Waals surface area contributed by atoms with Gasteiger partial charge in [-0.25, -0.2) is 14.4 Å². The van der Waals surface area contributed by atoms with E-state index in [4.69, 9.17) is 33.2 Å². The summed E-state index contributed by atoms with van der Waals surface area (Å²) in [4.78, 5) is 70.5. The Morgan fingerprint density at radius 3 is 1.21 bits per heavy atom. The van der Waals surface area contributed by atoms with Crippen molar-refractivity contribution in [3.63, 3.8) is 0 Å². The standard InChI is InChI=1S/C59H63F12NO12/c1-78-52(56(60,61)62,39-27-14-9-15-28-39)45(73)36-24-23-26-38(48(74)53(79-2,57(63,64)65)40-29-16-10-17-30-40)25-13-7-5-6-8-22-35-43-46(83-49(75)54(80-3,58(66,67)68)41-31-18-11-19-32-41)47(44-37-82-51(77)72(43)44)84-50(76)55(81-4,59(69,70)71)42-33-20-12-21-34-42/h9-12,14-21,27-34,38,43-44,46-47H,5-8,13,22-26,35-37H2,1-4H3/t38-,43-,44-,46-,47-,52-,53-,54-,55-/m1/s1. The maximum absolute atomic E-state index is 15.2. The molecule has 0 bridgehead atoms. The number of amides is 1. The summed E-state index contributed by atoms with van der Waals surface area (Å²) >= 11 is 0. The number of methoxy groups -OCH3 is 4. The Morgan fingerprint density at radius 2 is 0.821 bits per heavy atom. The lowest BCUT2D eigenvalue weighted by molar-refractivity contribution is -0.285. The topological polar surface area (TPSA) is 153 Å². The number of nitrogens with zero attached hydrogens (tertiary/aromatic N) is 1. The van der Waals surface area contributed by atoms with Crippen molar-refractivity contribution in [2.24, 2.45) is 5.92 Å². The van der Waals surface area contributed by atoms with E-state index in [1.165, 1.54) is 72.8 Å².